The molecule has 0 aliphatic carbocycles. The molecule has 0 saturated heterocycles. The number of nitrogens with zero attached hydrogens (tertiary/aromatic N) is 1. The molecule has 3 aromatic rings. The van der Waals surface area contributed by atoms with Gasteiger partial charge >= 0.3 is 0 Å². The SMILES string of the molecule is CC(Sc1ccc(NC(=O)c2ccc([N+](=O)[O-])cc2)cc1)C(=O)Nc1ccc(Cl)cc1. The fourth-order valence-electron chi connectivity index (χ4n) is 2.59. The molecule has 9 heteroatoms. The van der Waals surface area contributed by atoms with Gasteiger partial charge in [0.15, 0.2) is 0 Å². The number of hydrogen-bond donors (Lipinski definition) is 2. The van der Waals surface area contributed by atoms with Crippen LogP contribution in [-0.4, -0.2) is 22.0 Å². The molecule has 158 valence electrons. The van der Waals surface area contributed by atoms with Crippen molar-refractivity contribution in [2.75, 3.05) is 10.6 Å². The molecule has 2 amide bonds. The molecule has 0 bridgehead atoms. The fourth-order valence-corrected chi connectivity index (χ4v) is 3.58. The second kappa shape index (κ2) is 10.1. The molecular weight excluding hydrogens is 438 g/mol. The van der Waals surface area contributed by atoms with Gasteiger partial charge in [0, 0.05) is 39.0 Å². The van der Waals surface area contributed by atoms with E-state index in [-0.39, 0.29) is 22.8 Å². The van der Waals surface area contributed by atoms with E-state index in [0.717, 1.165) is 4.90 Å². The maximum absolute atomic E-state index is 12.4. The van der Waals surface area contributed by atoms with Crippen molar-refractivity contribution in [3.05, 3.63) is 93.5 Å². The Morgan fingerprint density at radius 2 is 1.45 bits per heavy atom. The van der Waals surface area contributed by atoms with E-state index in [1.165, 1.54) is 36.0 Å². The van der Waals surface area contributed by atoms with Gasteiger partial charge in [0.05, 0.1) is 10.2 Å². The molecule has 0 saturated carbocycles. The van der Waals surface area contributed by atoms with Crippen molar-refractivity contribution in [1.29, 1.82) is 0 Å². The summed E-state index contributed by atoms with van der Waals surface area (Å²) in [6.07, 6.45) is 0. The van der Waals surface area contributed by atoms with Gasteiger partial charge < -0.3 is 10.6 Å². The fraction of sp³-hybridized carbons (Fsp3) is 0.0909. The van der Waals surface area contributed by atoms with Gasteiger partial charge in [0.2, 0.25) is 5.91 Å². The zero-order chi connectivity index (χ0) is 22.4. The lowest BCUT2D eigenvalue weighted by molar-refractivity contribution is -0.384. The van der Waals surface area contributed by atoms with E-state index in [1.54, 1.807) is 43.3 Å². The summed E-state index contributed by atoms with van der Waals surface area (Å²) in [4.78, 5) is 35.7. The van der Waals surface area contributed by atoms with Crippen LogP contribution in [0.4, 0.5) is 17.1 Å². The minimum Gasteiger partial charge on any atom is -0.325 e. The number of benzene rings is 3. The lowest BCUT2D eigenvalue weighted by Crippen LogP contribution is -2.22. The Hall–Kier alpha value is -3.36. The van der Waals surface area contributed by atoms with Crippen LogP contribution in [0.5, 0.6) is 0 Å². The van der Waals surface area contributed by atoms with Crippen molar-refractivity contribution >= 4 is 52.2 Å². The molecule has 3 rings (SSSR count). The third kappa shape index (κ3) is 6.31. The number of nitro groups is 1. The lowest BCUT2D eigenvalue weighted by atomic mass is 10.2. The molecular formula is C22H18ClN3O4S. The Bertz CT molecular complexity index is 1090. The topological polar surface area (TPSA) is 101 Å². The molecule has 31 heavy (non-hydrogen) atoms. The number of rotatable bonds is 7. The second-order valence-corrected chi connectivity index (χ2v) is 8.39. The first-order valence-corrected chi connectivity index (χ1v) is 10.5. The second-order valence-electron chi connectivity index (χ2n) is 6.54. The molecule has 0 fully saturated rings. The highest BCUT2D eigenvalue weighted by Gasteiger charge is 2.15. The number of hydrogen-bond acceptors (Lipinski definition) is 5. The van der Waals surface area contributed by atoms with Crippen LogP contribution in [0.25, 0.3) is 0 Å². The van der Waals surface area contributed by atoms with Gasteiger partial charge in [-0.2, -0.15) is 0 Å². The Balaban J connectivity index is 1.55. The minimum absolute atomic E-state index is 0.0767. The number of amides is 2. The van der Waals surface area contributed by atoms with E-state index < -0.39 is 4.92 Å². The lowest BCUT2D eigenvalue weighted by Gasteiger charge is -2.13. The summed E-state index contributed by atoms with van der Waals surface area (Å²) in [5, 5.41) is 16.5. The number of halogens is 1. The molecule has 1 unspecified atom stereocenters. The Kier molecular flexibility index (Phi) is 7.28. The van der Waals surface area contributed by atoms with Crippen molar-refractivity contribution in [3.8, 4) is 0 Å². The number of nitrogens with one attached hydrogen (secondary N) is 2. The van der Waals surface area contributed by atoms with E-state index >= 15 is 0 Å². The van der Waals surface area contributed by atoms with Gasteiger partial charge in [0.25, 0.3) is 11.6 Å². The van der Waals surface area contributed by atoms with Crippen LogP contribution in [0.2, 0.25) is 5.02 Å². The van der Waals surface area contributed by atoms with Crippen molar-refractivity contribution in [1.82, 2.24) is 0 Å². The number of thioether (sulfide) groups is 1. The molecule has 0 spiro atoms. The Morgan fingerprint density at radius 1 is 0.903 bits per heavy atom. The van der Waals surface area contributed by atoms with E-state index in [0.29, 0.717) is 22.0 Å². The maximum Gasteiger partial charge on any atom is 0.269 e. The van der Waals surface area contributed by atoms with Gasteiger partial charge in [-0.25, -0.2) is 0 Å². The number of carbonyl (C=O) groups is 2. The first kappa shape index (κ1) is 22.3. The van der Waals surface area contributed by atoms with E-state index in [4.69, 9.17) is 11.6 Å². The monoisotopic (exact) mass is 455 g/mol. The average Bonchev–Trinajstić information content (AvgIpc) is 2.76. The summed E-state index contributed by atoms with van der Waals surface area (Å²) >= 11 is 7.23. The quantitative estimate of drug-likeness (QED) is 0.273. The molecule has 0 radical (unpaired) electrons. The third-order valence-electron chi connectivity index (χ3n) is 4.25. The molecule has 3 aromatic carbocycles. The minimum atomic E-state index is -0.519. The van der Waals surface area contributed by atoms with E-state index in [1.807, 2.05) is 12.1 Å². The first-order chi connectivity index (χ1) is 14.8. The number of non-ortho nitro benzene ring substituents is 1. The normalized spacial score (nSPS) is 11.4. The molecule has 7 nitrogen and oxygen atoms in total. The number of carbonyl (C=O) groups excluding carboxylic acids is 2. The standard InChI is InChI=1S/C22H18ClN3O4S/c1-14(21(27)24-17-6-4-16(23)5-7-17)31-20-12-8-18(9-13-20)25-22(28)15-2-10-19(11-3-15)26(29)30/h2-14H,1H3,(H,24,27)(H,25,28). The van der Waals surface area contributed by atoms with Crippen LogP contribution < -0.4 is 10.6 Å². The van der Waals surface area contributed by atoms with Crippen molar-refractivity contribution < 1.29 is 14.5 Å². The molecule has 0 aromatic heterocycles. The molecule has 0 aliphatic heterocycles. The van der Waals surface area contributed by atoms with E-state index in [2.05, 4.69) is 10.6 Å². The zero-order valence-corrected chi connectivity index (χ0v) is 17.9. The summed E-state index contributed by atoms with van der Waals surface area (Å²) in [6, 6.07) is 19.3. The van der Waals surface area contributed by atoms with Gasteiger partial charge in [0.1, 0.15) is 0 Å². The van der Waals surface area contributed by atoms with Crippen LogP contribution in [0.1, 0.15) is 17.3 Å². The van der Waals surface area contributed by atoms with Crippen molar-refractivity contribution in [3.63, 3.8) is 0 Å². The van der Waals surface area contributed by atoms with Crippen LogP contribution >= 0.6 is 23.4 Å². The summed E-state index contributed by atoms with van der Waals surface area (Å²) < 4.78 is 0. The first-order valence-electron chi connectivity index (χ1n) is 9.21. The highest BCUT2D eigenvalue weighted by Crippen LogP contribution is 2.26. The predicted octanol–water partition coefficient (Wildman–Crippen LogP) is 5.62. The molecule has 0 heterocycles. The summed E-state index contributed by atoms with van der Waals surface area (Å²) in [6.45, 7) is 1.81. The van der Waals surface area contributed by atoms with Crippen LogP contribution in [0.3, 0.4) is 0 Å². The van der Waals surface area contributed by atoms with Crippen molar-refractivity contribution in [2.24, 2.45) is 0 Å². The summed E-state index contributed by atoms with van der Waals surface area (Å²) in [5.41, 5.74) is 1.49. The molecule has 0 aliphatic rings. The largest absolute Gasteiger partial charge is 0.325 e. The van der Waals surface area contributed by atoms with Crippen LogP contribution in [-0.2, 0) is 4.79 Å². The van der Waals surface area contributed by atoms with Gasteiger partial charge in [-0.15, -0.1) is 11.8 Å². The van der Waals surface area contributed by atoms with Gasteiger partial charge in [-0.05, 0) is 67.6 Å². The molecule has 2 N–H and O–H groups in total. The number of nitro benzene ring substituents is 1. The highest BCUT2D eigenvalue weighted by molar-refractivity contribution is 8.00. The van der Waals surface area contributed by atoms with Crippen LogP contribution in [0.15, 0.2) is 77.7 Å². The highest BCUT2D eigenvalue weighted by atomic mass is 35.5. The summed E-state index contributed by atoms with van der Waals surface area (Å²) in [7, 11) is 0. The van der Waals surface area contributed by atoms with Gasteiger partial charge in [-0.1, -0.05) is 11.6 Å². The number of anilines is 2. The third-order valence-corrected chi connectivity index (χ3v) is 5.61. The van der Waals surface area contributed by atoms with Crippen molar-refractivity contribution in [2.45, 2.75) is 17.1 Å². The van der Waals surface area contributed by atoms with Gasteiger partial charge in [-0.3, -0.25) is 19.7 Å². The Morgan fingerprint density at radius 3 is 2.03 bits per heavy atom. The molecule has 1 atom stereocenters. The Labute approximate surface area is 188 Å². The smallest absolute Gasteiger partial charge is 0.269 e. The predicted molar refractivity (Wildman–Crippen MR) is 123 cm³/mol. The average molecular weight is 456 g/mol. The zero-order valence-electron chi connectivity index (χ0n) is 16.4. The van der Waals surface area contributed by atoms with E-state index in [9.17, 15) is 19.7 Å². The summed E-state index contributed by atoms with van der Waals surface area (Å²) in [5.74, 6) is -0.506. The van der Waals surface area contributed by atoms with Crippen LogP contribution in [0, 0.1) is 10.1 Å². The maximum atomic E-state index is 12.4.